The van der Waals surface area contributed by atoms with Gasteiger partial charge in [0.1, 0.15) is 5.69 Å². The van der Waals surface area contributed by atoms with E-state index in [9.17, 15) is 4.79 Å². The standard InChI is InChI=1S/C19H20N4O2/c1-4-25-18(24)17-12(2)16(13(3)21-17)15-10-11-20-19(23-15)22-14-8-6-5-7-9-14/h5-11,21H,4H2,1-3H3,(H,20,22,23). The van der Waals surface area contributed by atoms with E-state index in [1.165, 1.54) is 0 Å². The molecule has 3 rings (SSSR count). The number of H-pyrrole nitrogens is 1. The van der Waals surface area contributed by atoms with Gasteiger partial charge in [0, 0.05) is 23.1 Å². The molecule has 0 saturated carbocycles. The molecule has 0 bridgehead atoms. The molecule has 0 atom stereocenters. The van der Waals surface area contributed by atoms with Crippen molar-refractivity contribution >= 4 is 17.6 Å². The normalized spacial score (nSPS) is 10.5. The van der Waals surface area contributed by atoms with Crippen LogP contribution in [0, 0.1) is 13.8 Å². The maximum Gasteiger partial charge on any atom is 0.355 e. The van der Waals surface area contributed by atoms with Gasteiger partial charge in [0.05, 0.1) is 12.3 Å². The Kier molecular flexibility index (Phi) is 4.79. The molecule has 25 heavy (non-hydrogen) atoms. The van der Waals surface area contributed by atoms with Gasteiger partial charge in [0.25, 0.3) is 0 Å². The summed E-state index contributed by atoms with van der Waals surface area (Å²) in [5.74, 6) is 0.146. The second-order valence-corrected chi connectivity index (χ2v) is 5.60. The van der Waals surface area contributed by atoms with Gasteiger partial charge in [-0.3, -0.25) is 0 Å². The molecule has 0 aliphatic heterocycles. The predicted molar refractivity (Wildman–Crippen MR) is 97.0 cm³/mol. The lowest BCUT2D eigenvalue weighted by Gasteiger charge is -2.07. The van der Waals surface area contributed by atoms with Gasteiger partial charge in [-0.05, 0) is 44.5 Å². The zero-order chi connectivity index (χ0) is 17.8. The maximum absolute atomic E-state index is 12.1. The molecule has 0 radical (unpaired) electrons. The highest BCUT2D eigenvalue weighted by molar-refractivity contribution is 5.92. The van der Waals surface area contributed by atoms with Gasteiger partial charge in [-0.2, -0.15) is 0 Å². The molecule has 0 saturated heterocycles. The van der Waals surface area contributed by atoms with E-state index in [1.54, 1.807) is 13.1 Å². The van der Waals surface area contributed by atoms with Crippen LogP contribution in [0.4, 0.5) is 11.6 Å². The van der Waals surface area contributed by atoms with Gasteiger partial charge in [-0.1, -0.05) is 18.2 Å². The number of carbonyl (C=O) groups is 1. The molecule has 6 heteroatoms. The van der Waals surface area contributed by atoms with Gasteiger partial charge in [-0.15, -0.1) is 0 Å². The van der Waals surface area contributed by atoms with Gasteiger partial charge in [0.15, 0.2) is 0 Å². The molecule has 0 fully saturated rings. The number of aromatic amines is 1. The topological polar surface area (TPSA) is 79.9 Å². The zero-order valence-corrected chi connectivity index (χ0v) is 14.5. The van der Waals surface area contributed by atoms with Crippen LogP contribution in [0.15, 0.2) is 42.6 Å². The summed E-state index contributed by atoms with van der Waals surface area (Å²) in [7, 11) is 0. The van der Waals surface area contributed by atoms with Crippen molar-refractivity contribution in [1.82, 2.24) is 15.0 Å². The molecule has 128 valence electrons. The number of hydrogen-bond donors (Lipinski definition) is 2. The number of para-hydroxylation sites is 1. The van der Waals surface area contributed by atoms with Crippen LogP contribution in [0.5, 0.6) is 0 Å². The second kappa shape index (κ2) is 7.17. The molecule has 2 heterocycles. The quantitative estimate of drug-likeness (QED) is 0.688. The minimum absolute atomic E-state index is 0.338. The maximum atomic E-state index is 12.1. The Morgan fingerprint density at radius 3 is 2.68 bits per heavy atom. The first-order valence-electron chi connectivity index (χ1n) is 8.12. The van der Waals surface area contributed by atoms with E-state index in [-0.39, 0.29) is 5.97 Å². The molecule has 0 unspecified atom stereocenters. The molecular weight excluding hydrogens is 316 g/mol. The average molecular weight is 336 g/mol. The van der Waals surface area contributed by atoms with Crippen molar-refractivity contribution in [2.45, 2.75) is 20.8 Å². The highest BCUT2D eigenvalue weighted by atomic mass is 16.5. The van der Waals surface area contributed by atoms with Gasteiger partial charge >= 0.3 is 5.97 Å². The number of rotatable bonds is 5. The molecular formula is C19H20N4O2. The first-order valence-corrected chi connectivity index (χ1v) is 8.12. The summed E-state index contributed by atoms with van der Waals surface area (Å²) in [5.41, 5.74) is 4.70. The van der Waals surface area contributed by atoms with E-state index in [0.717, 1.165) is 28.2 Å². The Labute approximate surface area is 146 Å². The summed E-state index contributed by atoms with van der Waals surface area (Å²) in [4.78, 5) is 24.0. The van der Waals surface area contributed by atoms with Crippen LogP contribution in [-0.4, -0.2) is 27.5 Å². The average Bonchev–Trinajstić information content (AvgIpc) is 2.91. The lowest BCUT2D eigenvalue weighted by Crippen LogP contribution is -2.06. The van der Waals surface area contributed by atoms with Crippen molar-refractivity contribution < 1.29 is 9.53 Å². The van der Waals surface area contributed by atoms with Crippen LogP contribution in [-0.2, 0) is 4.74 Å². The SMILES string of the molecule is CCOC(=O)c1[nH]c(C)c(-c2ccnc(Nc3ccccc3)n2)c1C. The van der Waals surface area contributed by atoms with Crippen LogP contribution in [0.25, 0.3) is 11.3 Å². The Morgan fingerprint density at radius 1 is 1.20 bits per heavy atom. The third kappa shape index (κ3) is 3.52. The predicted octanol–water partition coefficient (Wildman–Crippen LogP) is 4.01. The van der Waals surface area contributed by atoms with Crippen molar-refractivity contribution in [2.24, 2.45) is 0 Å². The van der Waals surface area contributed by atoms with E-state index >= 15 is 0 Å². The Morgan fingerprint density at radius 2 is 1.96 bits per heavy atom. The summed E-state index contributed by atoms with van der Waals surface area (Å²) in [6.07, 6.45) is 1.70. The Hall–Kier alpha value is -3.15. The number of aryl methyl sites for hydroxylation is 1. The number of anilines is 2. The zero-order valence-electron chi connectivity index (χ0n) is 14.5. The number of benzene rings is 1. The lowest BCUT2D eigenvalue weighted by atomic mass is 10.1. The van der Waals surface area contributed by atoms with Crippen molar-refractivity contribution in [3.8, 4) is 11.3 Å². The number of nitrogens with one attached hydrogen (secondary N) is 2. The Bertz CT molecular complexity index is 888. The summed E-state index contributed by atoms with van der Waals surface area (Å²) >= 11 is 0. The van der Waals surface area contributed by atoms with E-state index < -0.39 is 0 Å². The molecule has 6 nitrogen and oxygen atoms in total. The van der Waals surface area contributed by atoms with Gasteiger partial charge in [0.2, 0.25) is 5.95 Å². The number of aromatic nitrogens is 3. The van der Waals surface area contributed by atoms with Crippen LogP contribution in [0.3, 0.4) is 0 Å². The number of hydrogen-bond acceptors (Lipinski definition) is 5. The van der Waals surface area contributed by atoms with Crippen LogP contribution < -0.4 is 5.32 Å². The molecule has 2 N–H and O–H groups in total. The molecule has 0 amide bonds. The number of nitrogens with zero attached hydrogens (tertiary/aromatic N) is 2. The molecule has 2 aromatic heterocycles. The van der Waals surface area contributed by atoms with Crippen molar-refractivity contribution in [1.29, 1.82) is 0 Å². The lowest BCUT2D eigenvalue weighted by molar-refractivity contribution is 0.0519. The minimum Gasteiger partial charge on any atom is -0.461 e. The first-order chi connectivity index (χ1) is 12.1. The summed E-state index contributed by atoms with van der Waals surface area (Å²) in [6, 6.07) is 11.6. The first kappa shape index (κ1) is 16.7. The van der Waals surface area contributed by atoms with Crippen LogP contribution in [0.1, 0.15) is 28.7 Å². The molecule has 1 aromatic carbocycles. The smallest absolute Gasteiger partial charge is 0.355 e. The number of esters is 1. The highest BCUT2D eigenvalue weighted by Crippen LogP contribution is 2.29. The summed E-state index contributed by atoms with van der Waals surface area (Å²) in [5, 5.41) is 3.18. The molecule has 0 spiro atoms. The van der Waals surface area contributed by atoms with E-state index in [2.05, 4.69) is 20.3 Å². The fraction of sp³-hybridized carbons (Fsp3) is 0.211. The van der Waals surface area contributed by atoms with Gasteiger partial charge < -0.3 is 15.0 Å². The monoisotopic (exact) mass is 336 g/mol. The largest absolute Gasteiger partial charge is 0.461 e. The third-order valence-corrected chi connectivity index (χ3v) is 3.86. The van der Waals surface area contributed by atoms with E-state index in [1.807, 2.05) is 50.2 Å². The molecule has 3 aromatic rings. The number of carbonyl (C=O) groups excluding carboxylic acids is 1. The van der Waals surface area contributed by atoms with Crippen LogP contribution >= 0.6 is 0 Å². The molecule has 0 aliphatic rings. The molecule has 0 aliphatic carbocycles. The highest BCUT2D eigenvalue weighted by Gasteiger charge is 2.20. The minimum atomic E-state index is -0.356. The summed E-state index contributed by atoms with van der Waals surface area (Å²) < 4.78 is 5.10. The third-order valence-electron chi connectivity index (χ3n) is 3.86. The summed E-state index contributed by atoms with van der Waals surface area (Å²) in [6.45, 7) is 5.93. The fourth-order valence-corrected chi connectivity index (χ4v) is 2.75. The number of ether oxygens (including phenoxy) is 1. The Balaban J connectivity index is 1.95. The fourth-order valence-electron chi connectivity index (χ4n) is 2.75. The van der Waals surface area contributed by atoms with Crippen molar-refractivity contribution in [2.75, 3.05) is 11.9 Å². The second-order valence-electron chi connectivity index (χ2n) is 5.60. The van der Waals surface area contributed by atoms with E-state index in [0.29, 0.717) is 18.2 Å². The van der Waals surface area contributed by atoms with Crippen molar-refractivity contribution in [3.05, 3.63) is 59.5 Å². The van der Waals surface area contributed by atoms with Crippen LogP contribution in [0.2, 0.25) is 0 Å². The van der Waals surface area contributed by atoms with Gasteiger partial charge in [-0.25, -0.2) is 14.8 Å². The van der Waals surface area contributed by atoms with E-state index in [4.69, 9.17) is 4.74 Å². The van der Waals surface area contributed by atoms with Crippen molar-refractivity contribution in [3.63, 3.8) is 0 Å².